The van der Waals surface area contributed by atoms with Gasteiger partial charge in [0.2, 0.25) is 5.91 Å². The number of hydrogen-bond acceptors (Lipinski definition) is 2. The quantitative estimate of drug-likeness (QED) is 0.778. The molecule has 2 unspecified atom stereocenters. The van der Waals surface area contributed by atoms with Crippen molar-refractivity contribution in [1.82, 2.24) is 0 Å². The lowest BCUT2D eigenvalue weighted by atomic mass is 10.1. The third kappa shape index (κ3) is 3.12. The molecule has 2 rings (SSSR count). The number of amides is 1. The van der Waals surface area contributed by atoms with Crippen molar-refractivity contribution in [2.75, 3.05) is 11.9 Å². The third-order valence-electron chi connectivity index (χ3n) is 3.13. The standard InChI is InChI=1S/C15H18N2O/c1-10-6-12(4-3-5-16)9-13(7-10)17-15(18)14-8-11(14)2/h6-7,9,11,14H,5,8,16H2,1-2H3,(H,17,18). The molecule has 1 aromatic rings. The van der Waals surface area contributed by atoms with E-state index < -0.39 is 0 Å². The topological polar surface area (TPSA) is 55.1 Å². The van der Waals surface area contributed by atoms with Crippen molar-refractivity contribution in [3.63, 3.8) is 0 Å². The summed E-state index contributed by atoms with van der Waals surface area (Å²) in [6.07, 6.45) is 0.998. The van der Waals surface area contributed by atoms with Gasteiger partial charge in [0.15, 0.2) is 0 Å². The molecule has 0 aromatic heterocycles. The van der Waals surface area contributed by atoms with Crippen LogP contribution in [-0.4, -0.2) is 12.5 Å². The van der Waals surface area contributed by atoms with Gasteiger partial charge in [-0.2, -0.15) is 0 Å². The van der Waals surface area contributed by atoms with Crippen LogP contribution in [0.25, 0.3) is 0 Å². The van der Waals surface area contributed by atoms with E-state index in [1.807, 2.05) is 25.1 Å². The Morgan fingerprint density at radius 1 is 1.50 bits per heavy atom. The predicted molar refractivity (Wildman–Crippen MR) is 73.0 cm³/mol. The van der Waals surface area contributed by atoms with Gasteiger partial charge in [-0.05, 0) is 43.0 Å². The Balaban J connectivity index is 2.12. The zero-order valence-corrected chi connectivity index (χ0v) is 10.8. The first-order valence-electron chi connectivity index (χ1n) is 6.21. The lowest BCUT2D eigenvalue weighted by molar-refractivity contribution is -0.117. The summed E-state index contributed by atoms with van der Waals surface area (Å²) in [7, 11) is 0. The van der Waals surface area contributed by atoms with Gasteiger partial charge in [0, 0.05) is 17.2 Å². The van der Waals surface area contributed by atoms with Gasteiger partial charge < -0.3 is 11.1 Å². The van der Waals surface area contributed by atoms with Crippen LogP contribution in [-0.2, 0) is 4.79 Å². The second kappa shape index (κ2) is 5.24. The zero-order chi connectivity index (χ0) is 13.1. The summed E-state index contributed by atoms with van der Waals surface area (Å²) >= 11 is 0. The molecule has 3 heteroatoms. The maximum atomic E-state index is 11.9. The first kappa shape index (κ1) is 12.7. The van der Waals surface area contributed by atoms with Crippen molar-refractivity contribution in [2.45, 2.75) is 20.3 Å². The first-order chi connectivity index (χ1) is 8.60. The van der Waals surface area contributed by atoms with Gasteiger partial charge in [-0.3, -0.25) is 4.79 Å². The number of carbonyl (C=O) groups is 1. The Hall–Kier alpha value is -1.79. The van der Waals surface area contributed by atoms with Crippen LogP contribution in [0, 0.1) is 30.6 Å². The van der Waals surface area contributed by atoms with Crippen molar-refractivity contribution < 1.29 is 4.79 Å². The monoisotopic (exact) mass is 242 g/mol. The SMILES string of the molecule is Cc1cc(C#CCN)cc(NC(=O)C2CC2C)c1. The highest BCUT2D eigenvalue weighted by molar-refractivity contribution is 5.94. The molecule has 3 nitrogen and oxygen atoms in total. The van der Waals surface area contributed by atoms with Crippen LogP contribution >= 0.6 is 0 Å². The van der Waals surface area contributed by atoms with Gasteiger partial charge in [-0.1, -0.05) is 18.8 Å². The van der Waals surface area contributed by atoms with E-state index in [4.69, 9.17) is 5.73 Å². The van der Waals surface area contributed by atoms with Crippen molar-refractivity contribution in [1.29, 1.82) is 0 Å². The largest absolute Gasteiger partial charge is 0.326 e. The van der Waals surface area contributed by atoms with E-state index in [-0.39, 0.29) is 11.8 Å². The number of hydrogen-bond donors (Lipinski definition) is 2. The Labute approximate surface area is 108 Å². The maximum Gasteiger partial charge on any atom is 0.227 e. The molecule has 1 aliphatic carbocycles. The van der Waals surface area contributed by atoms with Crippen LogP contribution in [0.4, 0.5) is 5.69 Å². The number of carbonyl (C=O) groups excluding carboxylic acids is 1. The highest BCUT2D eigenvalue weighted by Gasteiger charge is 2.39. The molecule has 1 aromatic carbocycles. The second-order valence-electron chi connectivity index (χ2n) is 4.90. The van der Waals surface area contributed by atoms with Gasteiger partial charge in [0.25, 0.3) is 0 Å². The molecule has 18 heavy (non-hydrogen) atoms. The van der Waals surface area contributed by atoms with E-state index in [1.54, 1.807) is 0 Å². The van der Waals surface area contributed by atoms with E-state index in [1.165, 1.54) is 0 Å². The van der Waals surface area contributed by atoms with Crippen molar-refractivity contribution in [2.24, 2.45) is 17.6 Å². The fourth-order valence-electron chi connectivity index (χ4n) is 2.00. The molecule has 1 aliphatic rings. The number of rotatable bonds is 2. The number of nitrogens with one attached hydrogen (secondary N) is 1. The summed E-state index contributed by atoms with van der Waals surface area (Å²) in [5.41, 5.74) is 8.14. The van der Waals surface area contributed by atoms with Crippen LogP contribution in [0.3, 0.4) is 0 Å². The highest BCUT2D eigenvalue weighted by atomic mass is 16.2. The number of aryl methyl sites for hydroxylation is 1. The number of anilines is 1. The van der Waals surface area contributed by atoms with Gasteiger partial charge >= 0.3 is 0 Å². The number of benzene rings is 1. The van der Waals surface area contributed by atoms with E-state index in [9.17, 15) is 4.79 Å². The molecule has 0 spiro atoms. The van der Waals surface area contributed by atoms with Gasteiger partial charge in [0.05, 0.1) is 6.54 Å². The summed E-state index contributed by atoms with van der Waals surface area (Å²) in [5.74, 6) is 6.63. The Kier molecular flexibility index (Phi) is 3.69. The van der Waals surface area contributed by atoms with Crippen molar-refractivity contribution in [3.8, 4) is 11.8 Å². The van der Waals surface area contributed by atoms with E-state index >= 15 is 0 Å². The summed E-state index contributed by atoms with van der Waals surface area (Å²) in [6.45, 7) is 4.43. The van der Waals surface area contributed by atoms with E-state index in [2.05, 4.69) is 24.1 Å². The number of nitrogens with two attached hydrogens (primary N) is 1. The average molecular weight is 242 g/mol. The lowest BCUT2D eigenvalue weighted by Crippen LogP contribution is -2.14. The fraction of sp³-hybridized carbons (Fsp3) is 0.400. The highest BCUT2D eigenvalue weighted by Crippen LogP contribution is 2.38. The maximum absolute atomic E-state index is 11.9. The van der Waals surface area contributed by atoms with Crippen LogP contribution in [0.1, 0.15) is 24.5 Å². The molecule has 1 fully saturated rings. The second-order valence-corrected chi connectivity index (χ2v) is 4.90. The predicted octanol–water partition coefficient (Wildman–Crippen LogP) is 1.90. The molecule has 3 N–H and O–H groups in total. The van der Waals surface area contributed by atoms with Gasteiger partial charge in [0.1, 0.15) is 0 Å². The first-order valence-corrected chi connectivity index (χ1v) is 6.21. The molecule has 2 atom stereocenters. The Morgan fingerprint density at radius 2 is 2.22 bits per heavy atom. The van der Waals surface area contributed by atoms with E-state index in [0.29, 0.717) is 12.5 Å². The molecule has 1 saturated carbocycles. The van der Waals surface area contributed by atoms with Crippen molar-refractivity contribution in [3.05, 3.63) is 29.3 Å². The van der Waals surface area contributed by atoms with Crippen LogP contribution in [0.15, 0.2) is 18.2 Å². The van der Waals surface area contributed by atoms with Crippen molar-refractivity contribution >= 4 is 11.6 Å². The summed E-state index contributed by atoms with van der Waals surface area (Å²) in [4.78, 5) is 11.9. The molecule has 0 saturated heterocycles. The molecule has 0 heterocycles. The minimum Gasteiger partial charge on any atom is -0.326 e. The van der Waals surface area contributed by atoms with Gasteiger partial charge in [-0.15, -0.1) is 0 Å². The van der Waals surface area contributed by atoms with E-state index in [0.717, 1.165) is 23.2 Å². The fourth-order valence-corrected chi connectivity index (χ4v) is 2.00. The molecule has 94 valence electrons. The third-order valence-corrected chi connectivity index (χ3v) is 3.13. The molecule has 0 bridgehead atoms. The van der Waals surface area contributed by atoms with Gasteiger partial charge in [-0.25, -0.2) is 0 Å². The average Bonchev–Trinajstić information content (AvgIpc) is 3.03. The molecule has 1 amide bonds. The molecular weight excluding hydrogens is 224 g/mol. The minimum absolute atomic E-state index is 0.117. The summed E-state index contributed by atoms with van der Waals surface area (Å²) < 4.78 is 0. The zero-order valence-electron chi connectivity index (χ0n) is 10.8. The molecule has 0 aliphatic heterocycles. The normalized spacial score (nSPS) is 20.8. The van der Waals surface area contributed by atoms with Crippen LogP contribution < -0.4 is 11.1 Å². The van der Waals surface area contributed by atoms with Crippen LogP contribution in [0.2, 0.25) is 0 Å². The van der Waals surface area contributed by atoms with Crippen LogP contribution in [0.5, 0.6) is 0 Å². The smallest absolute Gasteiger partial charge is 0.227 e. The Morgan fingerprint density at radius 3 is 2.83 bits per heavy atom. The minimum atomic E-state index is 0.117. The Bertz CT molecular complexity index is 525. The summed E-state index contributed by atoms with van der Waals surface area (Å²) in [6, 6.07) is 5.83. The lowest BCUT2D eigenvalue weighted by Gasteiger charge is -2.06. The molecule has 0 radical (unpaired) electrons. The molecular formula is C15H18N2O. The summed E-state index contributed by atoms with van der Waals surface area (Å²) in [5, 5.41) is 2.95.